The van der Waals surface area contributed by atoms with Gasteiger partial charge in [0.15, 0.2) is 0 Å². The molecule has 5 heteroatoms. The van der Waals surface area contributed by atoms with Crippen LogP contribution in [0.15, 0.2) is 35.8 Å². The predicted octanol–water partition coefficient (Wildman–Crippen LogP) is 1.74. The van der Waals surface area contributed by atoms with E-state index in [0.29, 0.717) is 13.0 Å². The fraction of sp³-hybridized carbons (Fsp3) is 0.250. The van der Waals surface area contributed by atoms with Crippen molar-refractivity contribution in [2.75, 3.05) is 6.61 Å². The number of nitrogens with one attached hydrogen (secondary N) is 1. The molecule has 0 aliphatic heterocycles. The zero-order valence-corrected chi connectivity index (χ0v) is 12.3. The predicted molar refractivity (Wildman–Crippen MR) is 82.7 cm³/mol. The highest BCUT2D eigenvalue weighted by atomic mass is 32.1. The van der Waals surface area contributed by atoms with Crippen LogP contribution in [0.1, 0.15) is 22.6 Å². The van der Waals surface area contributed by atoms with Crippen molar-refractivity contribution < 1.29 is 9.90 Å². The number of carbonyl (C=O) groups excluding carboxylic acids is 1. The Labute approximate surface area is 127 Å². The zero-order valence-electron chi connectivity index (χ0n) is 11.5. The number of thiophene rings is 1. The Hall–Kier alpha value is -2.16. The van der Waals surface area contributed by atoms with Crippen molar-refractivity contribution in [2.45, 2.75) is 19.4 Å². The summed E-state index contributed by atoms with van der Waals surface area (Å²) in [5, 5.41) is 13.5. The number of aliphatic hydroxyl groups is 1. The van der Waals surface area contributed by atoms with Crippen LogP contribution in [0.2, 0.25) is 0 Å². The molecule has 108 valence electrons. The number of hydrogen-bond donors (Lipinski definition) is 2. The van der Waals surface area contributed by atoms with Crippen molar-refractivity contribution >= 4 is 17.2 Å². The third-order valence-corrected chi connectivity index (χ3v) is 3.64. The molecule has 0 spiro atoms. The Balaban J connectivity index is 1.87. The third kappa shape index (κ3) is 5.03. The van der Waals surface area contributed by atoms with Crippen LogP contribution in [0, 0.1) is 11.8 Å². The van der Waals surface area contributed by atoms with Crippen molar-refractivity contribution in [1.29, 1.82) is 0 Å². The van der Waals surface area contributed by atoms with E-state index in [0.717, 1.165) is 16.1 Å². The lowest BCUT2D eigenvalue weighted by Crippen LogP contribution is -2.24. The highest BCUT2D eigenvalue weighted by molar-refractivity contribution is 7.10. The number of aliphatic hydroxyl groups excluding tert-OH is 1. The van der Waals surface area contributed by atoms with Crippen LogP contribution in [0.5, 0.6) is 0 Å². The molecule has 0 atom stereocenters. The number of hydrogen-bond acceptors (Lipinski definition) is 4. The first-order valence-electron chi connectivity index (χ1n) is 6.62. The van der Waals surface area contributed by atoms with Crippen molar-refractivity contribution in [2.24, 2.45) is 0 Å². The molecule has 0 aromatic carbocycles. The second-order valence-corrected chi connectivity index (χ2v) is 5.31. The zero-order chi connectivity index (χ0) is 14.9. The van der Waals surface area contributed by atoms with Crippen molar-refractivity contribution in [3.05, 3.63) is 52.0 Å². The van der Waals surface area contributed by atoms with Gasteiger partial charge in [-0.3, -0.25) is 9.78 Å². The minimum atomic E-state index is -0.0589. The molecule has 0 radical (unpaired) electrons. The normalized spacial score (nSPS) is 9.76. The van der Waals surface area contributed by atoms with Crippen LogP contribution in [0.25, 0.3) is 0 Å². The van der Waals surface area contributed by atoms with Gasteiger partial charge in [-0.25, -0.2) is 0 Å². The first-order chi connectivity index (χ1) is 10.3. The molecule has 2 heterocycles. The van der Waals surface area contributed by atoms with E-state index in [4.69, 9.17) is 5.11 Å². The second-order valence-electron chi connectivity index (χ2n) is 4.31. The number of nitrogens with zero attached hydrogens (tertiary/aromatic N) is 1. The van der Waals surface area contributed by atoms with Gasteiger partial charge >= 0.3 is 0 Å². The number of aromatic nitrogens is 1. The maximum absolute atomic E-state index is 11.9. The van der Waals surface area contributed by atoms with Gasteiger partial charge in [0, 0.05) is 28.8 Å². The molecule has 0 fully saturated rings. The van der Waals surface area contributed by atoms with Gasteiger partial charge in [0.1, 0.15) is 0 Å². The van der Waals surface area contributed by atoms with E-state index >= 15 is 0 Å². The lowest BCUT2D eigenvalue weighted by Gasteiger charge is -2.04. The van der Waals surface area contributed by atoms with Gasteiger partial charge in [0.05, 0.1) is 19.6 Å². The first-order valence-corrected chi connectivity index (χ1v) is 7.50. The van der Waals surface area contributed by atoms with E-state index in [-0.39, 0.29) is 18.9 Å². The maximum Gasteiger partial charge on any atom is 0.226 e. The molecule has 2 N–H and O–H groups in total. The molecule has 2 aromatic rings. The average molecular weight is 300 g/mol. The fourth-order valence-electron chi connectivity index (χ4n) is 1.71. The summed E-state index contributed by atoms with van der Waals surface area (Å²) < 4.78 is 0. The van der Waals surface area contributed by atoms with E-state index < -0.39 is 0 Å². The molecule has 0 bridgehead atoms. The molecule has 0 aliphatic rings. The summed E-state index contributed by atoms with van der Waals surface area (Å²) in [6, 6.07) is 7.44. The summed E-state index contributed by atoms with van der Waals surface area (Å²) >= 11 is 1.56. The molecule has 0 saturated carbocycles. The van der Waals surface area contributed by atoms with Crippen molar-refractivity contribution in [3.8, 4) is 11.8 Å². The Bertz CT molecular complexity index is 641. The van der Waals surface area contributed by atoms with Crippen LogP contribution >= 0.6 is 11.3 Å². The summed E-state index contributed by atoms with van der Waals surface area (Å²) in [7, 11) is 0. The van der Waals surface area contributed by atoms with Crippen molar-refractivity contribution in [1.82, 2.24) is 10.3 Å². The van der Waals surface area contributed by atoms with Gasteiger partial charge in [0.25, 0.3) is 0 Å². The van der Waals surface area contributed by atoms with Gasteiger partial charge in [0.2, 0.25) is 5.91 Å². The molecule has 2 rings (SSSR count). The van der Waals surface area contributed by atoms with Crippen LogP contribution in [0.4, 0.5) is 0 Å². The highest BCUT2D eigenvalue weighted by Gasteiger charge is 2.06. The van der Waals surface area contributed by atoms with E-state index in [1.54, 1.807) is 17.5 Å². The number of pyridine rings is 1. The van der Waals surface area contributed by atoms with Crippen LogP contribution in [-0.4, -0.2) is 22.6 Å². The van der Waals surface area contributed by atoms with E-state index in [1.807, 2.05) is 29.6 Å². The van der Waals surface area contributed by atoms with Crippen LogP contribution in [0.3, 0.4) is 0 Å². The molecule has 0 unspecified atom stereocenters. The Kier molecular flexibility index (Phi) is 5.95. The lowest BCUT2D eigenvalue weighted by atomic mass is 10.2. The minimum Gasteiger partial charge on any atom is -0.395 e. The molecule has 21 heavy (non-hydrogen) atoms. The molecule has 1 amide bonds. The molecule has 4 nitrogen and oxygen atoms in total. The van der Waals surface area contributed by atoms with Gasteiger partial charge in [-0.05, 0) is 23.6 Å². The Morgan fingerprint density at radius 2 is 2.29 bits per heavy atom. The Morgan fingerprint density at radius 1 is 1.38 bits per heavy atom. The standard InChI is InChI=1S/C16H16N2O2S/c19-9-4-2-5-13-7-10-21-15(13)12-18-16(20)11-14-6-1-3-8-17-14/h1,3,6-8,10,19H,4,9,11-12H2,(H,18,20). The van der Waals surface area contributed by atoms with Gasteiger partial charge in [-0.2, -0.15) is 0 Å². The van der Waals surface area contributed by atoms with Gasteiger partial charge in [-0.15, -0.1) is 11.3 Å². The smallest absolute Gasteiger partial charge is 0.226 e. The highest BCUT2D eigenvalue weighted by Crippen LogP contribution is 2.15. The maximum atomic E-state index is 11.9. The first kappa shape index (κ1) is 15.2. The molecule has 0 aliphatic carbocycles. The summed E-state index contributed by atoms with van der Waals surface area (Å²) in [5.74, 6) is 5.83. The number of carbonyl (C=O) groups is 1. The van der Waals surface area contributed by atoms with Crippen molar-refractivity contribution in [3.63, 3.8) is 0 Å². The van der Waals surface area contributed by atoms with E-state index in [1.165, 1.54) is 0 Å². The second kappa shape index (κ2) is 8.20. The Morgan fingerprint density at radius 3 is 3.05 bits per heavy atom. The molecular weight excluding hydrogens is 284 g/mol. The molecule has 2 aromatic heterocycles. The summed E-state index contributed by atoms with van der Waals surface area (Å²) in [5.41, 5.74) is 1.66. The number of amides is 1. The minimum absolute atomic E-state index is 0.0589. The quantitative estimate of drug-likeness (QED) is 0.827. The number of rotatable bonds is 5. The van der Waals surface area contributed by atoms with E-state index in [2.05, 4.69) is 22.1 Å². The summed E-state index contributed by atoms with van der Waals surface area (Å²) in [6.45, 7) is 0.528. The lowest BCUT2D eigenvalue weighted by molar-refractivity contribution is -0.120. The average Bonchev–Trinajstić information content (AvgIpc) is 2.94. The van der Waals surface area contributed by atoms with Crippen LogP contribution in [-0.2, 0) is 17.8 Å². The largest absolute Gasteiger partial charge is 0.395 e. The third-order valence-electron chi connectivity index (χ3n) is 2.72. The van der Waals surface area contributed by atoms with Gasteiger partial charge in [-0.1, -0.05) is 17.9 Å². The molecule has 0 saturated heterocycles. The monoisotopic (exact) mass is 300 g/mol. The summed E-state index contributed by atoms with van der Waals surface area (Å²) in [4.78, 5) is 17.0. The molecular formula is C16H16N2O2S. The van der Waals surface area contributed by atoms with E-state index in [9.17, 15) is 4.79 Å². The fourth-order valence-corrected chi connectivity index (χ4v) is 2.48. The van der Waals surface area contributed by atoms with Gasteiger partial charge < -0.3 is 10.4 Å². The SMILES string of the molecule is O=C(Cc1ccccn1)NCc1sccc1C#CCCO. The summed E-state index contributed by atoms with van der Waals surface area (Å²) in [6.07, 6.45) is 2.41. The topological polar surface area (TPSA) is 62.2 Å². The van der Waals surface area contributed by atoms with Crippen LogP contribution < -0.4 is 5.32 Å².